The molecule has 0 spiro atoms. The highest BCUT2D eigenvalue weighted by molar-refractivity contribution is 5.95. The number of benzene rings is 1. The van der Waals surface area contributed by atoms with Crippen LogP contribution in [0.3, 0.4) is 0 Å². The second kappa shape index (κ2) is 8.99. The molecule has 29 heavy (non-hydrogen) atoms. The number of piperidine rings is 1. The Morgan fingerprint density at radius 3 is 2.55 bits per heavy atom. The Kier molecular flexibility index (Phi) is 6.63. The molecule has 3 N–H and O–H groups in total. The lowest BCUT2D eigenvalue weighted by Crippen LogP contribution is -3.14. The summed E-state index contributed by atoms with van der Waals surface area (Å²) in [4.78, 5) is 26.9. The largest absolute Gasteiger partial charge is 0.463 e. The molecule has 1 aromatic carbocycles. The van der Waals surface area contributed by atoms with Gasteiger partial charge in [0.15, 0.2) is 0 Å². The van der Waals surface area contributed by atoms with E-state index in [2.05, 4.69) is 24.5 Å². The fourth-order valence-corrected chi connectivity index (χ4v) is 4.83. The molecule has 2 aliphatic heterocycles. The summed E-state index contributed by atoms with van der Waals surface area (Å²) in [6.45, 7) is 13.4. The highest BCUT2D eigenvalue weighted by Crippen LogP contribution is 2.30. The summed E-state index contributed by atoms with van der Waals surface area (Å²) in [5.41, 5.74) is 4.28. The van der Waals surface area contributed by atoms with Crippen LogP contribution in [0, 0.1) is 25.7 Å². The number of esters is 1. The van der Waals surface area contributed by atoms with Gasteiger partial charge in [0, 0.05) is 11.8 Å². The SMILES string of the molecule is CCOC(=O)C1=C(C[NH+]2C[C@H](C)C[C@H](C)C2)NC(=O)N[C@@H]1c1cc(C)ccc1C. The Morgan fingerprint density at radius 2 is 1.90 bits per heavy atom. The molecule has 0 aromatic heterocycles. The van der Waals surface area contributed by atoms with Gasteiger partial charge in [-0.25, -0.2) is 9.59 Å². The lowest BCUT2D eigenvalue weighted by atomic mass is 9.89. The molecule has 1 unspecified atom stereocenters. The first-order chi connectivity index (χ1) is 13.8. The molecule has 4 atom stereocenters. The van der Waals surface area contributed by atoms with E-state index in [-0.39, 0.29) is 12.0 Å². The van der Waals surface area contributed by atoms with Crippen molar-refractivity contribution in [2.45, 2.75) is 47.1 Å². The number of hydrogen-bond donors (Lipinski definition) is 3. The monoisotopic (exact) mass is 400 g/mol. The second-order valence-corrected chi connectivity index (χ2v) is 8.79. The molecule has 3 rings (SSSR count). The zero-order chi connectivity index (χ0) is 21.1. The third-order valence-electron chi connectivity index (χ3n) is 5.90. The fraction of sp³-hybridized carbons (Fsp3) is 0.565. The van der Waals surface area contributed by atoms with E-state index in [4.69, 9.17) is 4.74 Å². The summed E-state index contributed by atoms with van der Waals surface area (Å²) in [6, 6.07) is 5.34. The molecular weight excluding hydrogens is 366 g/mol. The van der Waals surface area contributed by atoms with Crippen molar-refractivity contribution in [3.63, 3.8) is 0 Å². The quantitative estimate of drug-likeness (QED) is 0.663. The maximum Gasteiger partial charge on any atom is 0.338 e. The van der Waals surface area contributed by atoms with E-state index in [0.29, 0.717) is 36.3 Å². The van der Waals surface area contributed by atoms with Gasteiger partial charge in [-0.1, -0.05) is 37.6 Å². The molecular formula is C23H34N3O3+. The molecule has 158 valence electrons. The summed E-state index contributed by atoms with van der Waals surface area (Å²) < 4.78 is 5.40. The number of rotatable bonds is 5. The van der Waals surface area contributed by atoms with Gasteiger partial charge in [-0.2, -0.15) is 0 Å². The Bertz CT molecular complexity index is 808. The molecule has 0 bridgehead atoms. The van der Waals surface area contributed by atoms with Crippen molar-refractivity contribution < 1.29 is 19.2 Å². The van der Waals surface area contributed by atoms with Gasteiger partial charge in [0.05, 0.1) is 37.0 Å². The Morgan fingerprint density at radius 1 is 1.21 bits per heavy atom. The van der Waals surface area contributed by atoms with Crippen molar-refractivity contribution in [1.29, 1.82) is 0 Å². The standard InChI is InChI=1S/C23H33N3O3/c1-6-29-22(27)20-19(13-26-11-15(3)9-16(4)12-26)24-23(28)25-21(20)18-10-14(2)7-8-17(18)5/h7-8,10,15-16,21H,6,9,11-13H2,1-5H3,(H2,24,25,28)/p+1/t15-,16+,21-/m1/s1. The van der Waals surface area contributed by atoms with Crippen LogP contribution in [-0.4, -0.2) is 38.2 Å². The molecule has 2 amide bonds. The van der Waals surface area contributed by atoms with Crippen molar-refractivity contribution in [3.8, 4) is 0 Å². The van der Waals surface area contributed by atoms with E-state index in [1.165, 1.54) is 11.3 Å². The normalized spacial score (nSPS) is 27.3. The van der Waals surface area contributed by atoms with Crippen molar-refractivity contribution in [1.82, 2.24) is 10.6 Å². The minimum atomic E-state index is -0.503. The maximum absolute atomic E-state index is 13.0. The molecule has 2 heterocycles. The van der Waals surface area contributed by atoms with Gasteiger partial charge >= 0.3 is 12.0 Å². The molecule has 2 aliphatic rings. The number of nitrogens with one attached hydrogen (secondary N) is 3. The maximum atomic E-state index is 13.0. The van der Waals surface area contributed by atoms with E-state index >= 15 is 0 Å². The molecule has 0 saturated carbocycles. The summed E-state index contributed by atoms with van der Waals surface area (Å²) in [7, 11) is 0. The first-order valence-corrected chi connectivity index (χ1v) is 10.7. The summed E-state index contributed by atoms with van der Waals surface area (Å²) in [6.07, 6.45) is 1.23. The van der Waals surface area contributed by atoms with E-state index in [9.17, 15) is 9.59 Å². The van der Waals surface area contributed by atoms with E-state index in [1.807, 2.05) is 32.0 Å². The van der Waals surface area contributed by atoms with Gasteiger partial charge in [0.25, 0.3) is 0 Å². The number of quaternary nitrogens is 1. The number of aryl methyl sites for hydroxylation is 2. The van der Waals surface area contributed by atoms with Crippen LogP contribution in [0.25, 0.3) is 0 Å². The van der Waals surface area contributed by atoms with Crippen LogP contribution < -0.4 is 15.5 Å². The number of hydrogen-bond acceptors (Lipinski definition) is 3. The summed E-state index contributed by atoms with van der Waals surface area (Å²) in [5, 5.41) is 5.88. The number of carbonyl (C=O) groups excluding carboxylic acids is 2. The van der Waals surface area contributed by atoms with Crippen LogP contribution in [-0.2, 0) is 9.53 Å². The minimum Gasteiger partial charge on any atom is -0.463 e. The topological polar surface area (TPSA) is 71.9 Å². The average Bonchev–Trinajstić information content (AvgIpc) is 2.62. The zero-order valence-corrected chi connectivity index (χ0v) is 18.2. The number of likely N-dealkylation sites (tertiary alicyclic amines) is 1. The lowest BCUT2D eigenvalue weighted by molar-refractivity contribution is -0.907. The smallest absolute Gasteiger partial charge is 0.338 e. The molecule has 0 aliphatic carbocycles. The van der Waals surface area contributed by atoms with Crippen LogP contribution >= 0.6 is 0 Å². The molecule has 6 heteroatoms. The highest BCUT2D eigenvalue weighted by atomic mass is 16.5. The number of amides is 2. The molecule has 1 aromatic rings. The second-order valence-electron chi connectivity index (χ2n) is 8.79. The third kappa shape index (κ3) is 4.99. The number of urea groups is 1. The van der Waals surface area contributed by atoms with E-state index in [0.717, 1.165) is 29.8 Å². The predicted molar refractivity (Wildman–Crippen MR) is 112 cm³/mol. The van der Waals surface area contributed by atoms with Crippen LogP contribution in [0.1, 0.15) is 49.9 Å². The van der Waals surface area contributed by atoms with Crippen molar-refractivity contribution in [3.05, 3.63) is 46.2 Å². The Labute approximate surface area is 173 Å². The number of carbonyl (C=O) groups is 2. The highest BCUT2D eigenvalue weighted by Gasteiger charge is 2.37. The van der Waals surface area contributed by atoms with Crippen molar-refractivity contribution >= 4 is 12.0 Å². The van der Waals surface area contributed by atoms with Gasteiger partial charge < -0.3 is 20.3 Å². The van der Waals surface area contributed by atoms with E-state index < -0.39 is 6.04 Å². The first-order valence-electron chi connectivity index (χ1n) is 10.7. The first kappa shape index (κ1) is 21.4. The minimum absolute atomic E-state index is 0.267. The van der Waals surface area contributed by atoms with Gasteiger partial charge in [-0.05, 0) is 38.3 Å². The average molecular weight is 401 g/mol. The van der Waals surface area contributed by atoms with E-state index in [1.54, 1.807) is 6.92 Å². The van der Waals surface area contributed by atoms with Gasteiger partial charge in [-0.15, -0.1) is 0 Å². The van der Waals surface area contributed by atoms with Crippen LogP contribution in [0.15, 0.2) is 29.5 Å². The van der Waals surface area contributed by atoms with Crippen molar-refractivity contribution in [2.24, 2.45) is 11.8 Å². The summed E-state index contributed by atoms with van der Waals surface area (Å²) in [5.74, 6) is 0.902. The Hall–Kier alpha value is -2.34. The molecule has 1 fully saturated rings. The van der Waals surface area contributed by atoms with Gasteiger partial charge in [0.1, 0.15) is 6.54 Å². The number of ether oxygens (including phenoxy) is 1. The Balaban J connectivity index is 2.02. The van der Waals surface area contributed by atoms with Gasteiger partial charge in [0.2, 0.25) is 0 Å². The van der Waals surface area contributed by atoms with Crippen molar-refractivity contribution in [2.75, 3.05) is 26.2 Å². The fourth-order valence-electron chi connectivity index (χ4n) is 4.83. The van der Waals surface area contributed by atoms with Crippen LogP contribution in [0.4, 0.5) is 4.79 Å². The molecule has 0 radical (unpaired) electrons. The predicted octanol–water partition coefficient (Wildman–Crippen LogP) is 2.04. The van der Waals surface area contributed by atoms with Gasteiger partial charge in [-0.3, -0.25) is 0 Å². The van der Waals surface area contributed by atoms with Crippen LogP contribution in [0.5, 0.6) is 0 Å². The zero-order valence-electron chi connectivity index (χ0n) is 18.2. The lowest BCUT2D eigenvalue weighted by Gasteiger charge is -2.35. The summed E-state index contributed by atoms with van der Waals surface area (Å²) >= 11 is 0. The molecule has 1 saturated heterocycles. The van der Waals surface area contributed by atoms with Crippen LogP contribution in [0.2, 0.25) is 0 Å². The third-order valence-corrected chi connectivity index (χ3v) is 5.90. The molecule has 6 nitrogen and oxygen atoms in total.